The van der Waals surface area contributed by atoms with Gasteiger partial charge in [-0.25, -0.2) is 0 Å². The molecule has 0 amide bonds. The van der Waals surface area contributed by atoms with E-state index in [1.165, 1.54) is 5.57 Å². The first-order chi connectivity index (χ1) is 11.4. The maximum Gasteiger partial charge on any atom is 0.155 e. The summed E-state index contributed by atoms with van der Waals surface area (Å²) in [6, 6.07) is 2.54. The number of carbonyl (C=O) groups excluding carboxylic acids is 1. The molecule has 0 aromatic rings. The third-order valence-corrected chi connectivity index (χ3v) is 7.90. The van der Waals surface area contributed by atoms with Crippen LogP contribution in [-0.2, 0) is 4.79 Å². The lowest BCUT2D eigenvalue weighted by Crippen LogP contribution is -2.54. The van der Waals surface area contributed by atoms with Crippen LogP contribution < -0.4 is 0 Å². The number of aliphatic hydroxyl groups is 1. The maximum atomic E-state index is 11.8. The fraction of sp³-hybridized carbons (Fsp3) is 0.714. The van der Waals surface area contributed by atoms with Crippen molar-refractivity contribution in [3.63, 3.8) is 0 Å². The van der Waals surface area contributed by atoms with Gasteiger partial charge in [-0.15, -0.1) is 6.42 Å². The maximum absolute atomic E-state index is 11.8. The Hall–Kier alpha value is -1.58. The van der Waals surface area contributed by atoms with Gasteiger partial charge < -0.3 is 5.11 Å². The standard InChI is InChI=1S/C21H25NO2/c1-3-21(24)9-7-18-19-14(12-22)10-13-11-15(23)4-5-16(13)17(19)6-8-20(18,21)2/h1,11,14,16-19,24H,4-10H2,2H3/t14-,16-,17+,18-,19+,20-,21-/m0/s1. The number of rotatable bonds is 0. The molecule has 0 aromatic carbocycles. The van der Waals surface area contributed by atoms with Gasteiger partial charge in [-0.1, -0.05) is 18.4 Å². The second kappa shape index (κ2) is 5.21. The Morgan fingerprint density at radius 2 is 2.12 bits per heavy atom. The van der Waals surface area contributed by atoms with E-state index in [4.69, 9.17) is 6.42 Å². The van der Waals surface area contributed by atoms with E-state index >= 15 is 0 Å². The number of fused-ring (bicyclic) bond motifs is 5. The van der Waals surface area contributed by atoms with Crippen LogP contribution in [0.5, 0.6) is 0 Å². The summed E-state index contributed by atoms with van der Waals surface area (Å²) in [5.41, 5.74) is -0.0850. The summed E-state index contributed by atoms with van der Waals surface area (Å²) in [6.07, 6.45) is 13.4. The average Bonchev–Trinajstić information content (AvgIpc) is 2.85. The molecule has 0 radical (unpaired) electrons. The van der Waals surface area contributed by atoms with Crippen LogP contribution in [0.3, 0.4) is 0 Å². The third-order valence-electron chi connectivity index (χ3n) is 7.90. The van der Waals surface area contributed by atoms with Gasteiger partial charge in [0.05, 0.1) is 12.0 Å². The first kappa shape index (κ1) is 15.9. The summed E-state index contributed by atoms with van der Waals surface area (Å²) < 4.78 is 0. The van der Waals surface area contributed by atoms with E-state index < -0.39 is 5.60 Å². The Morgan fingerprint density at radius 3 is 2.83 bits per heavy atom. The van der Waals surface area contributed by atoms with Crippen LogP contribution in [0.4, 0.5) is 0 Å². The van der Waals surface area contributed by atoms with E-state index in [9.17, 15) is 15.2 Å². The number of allylic oxidation sites excluding steroid dienone is 1. The van der Waals surface area contributed by atoms with Gasteiger partial charge in [0.1, 0.15) is 5.60 Å². The normalized spacial score (nSPS) is 49.9. The zero-order chi connectivity index (χ0) is 17.1. The van der Waals surface area contributed by atoms with Crippen LogP contribution in [0.15, 0.2) is 11.6 Å². The molecule has 3 heteroatoms. The molecule has 0 aliphatic heterocycles. The summed E-state index contributed by atoms with van der Waals surface area (Å²) in [7, 11) is 0. The fourth-order valence-corrected chi connectivity index (χ4v) is 6.62. The smallest absolute Gasteiger partial charge is 0.155 e. The molecule has 3 nitrogen and oxygen atoms in total. The van der Waals surface area contributed by atoms with Gasteiger partial charge in [-0.3, -0.25) is 4.79 Å². The van der Waals surface area contributed by atoms with Gasteiger partial charge in [-0.2, -0.15) is 5.26 Å². The summed E-state index contributed by atoms with van der Waals surface area (Å²) in [5, 5.41) is 20.8. The topological polar surface area (TPSA) is 61.1 Å². The largest absolute Gasteiger partial charge is 0.377 e. The van der Waals surface area contributed by atoms with Crippen molar-refractivity contribution in [1.29, 1.82) is 5.26 Å². The van der Waals surface area contributed by atoms with Crippen LogP contribution in [0.2, 0.25) is 0 Å². The highest BCUT2D eigenvalue weighted by molar-refractivity contribution is 5.91. The molecule has 4 aliphatic carbocycles. The molecule has 24 heavy (non-hydrogen) atoms. The van der Waals surface area contributed by atoms with E-state index in [1.54, 1.807) is 0 Å². The number of nitrogens with zero attached hydrogens (tertiary/aromatic N) is 1. The molecule has 7 atom stereocenters. The molecular formula is C21H25NO2. The molecule has 0 saturated heterocycles. The van der Waals surface area contributed by atoms with Crippen LogP contribution >= 0.6 is 0 Å². The average molecular weight is 323 g/mol. The first-order valence-corrected chi connectivity index (χ1v) is 9.26. The fourth-order valence-electron chi connectivity index (χ4n) is 6.62. The highest BCUT2D eigenvalue weighted by Gasteiger charge is 2.63. The predicted octanol–water partition coefficient (Wildman–Crippen LogP) is 3.24. The van der Waals surface area contributed by atoms with Gasteiger partial charge in [0, 0.05) is 11.8 Å². The van der Waals surface area contributed by atoms with Crippen molar-refractivity contribution in [2.24, 2.45) is 35.0 Å². The number of nitriles is 1. The highest BCUT2D eigenvalue weighted by atomic mass is 16.3. The predicted molar refractivity (Wildman–Crippen MR) is 90.4 cm³/mol. The summed E-state index contributed by atoms with van der Waals surface area (Å²) in [4.78, 5) is 11.8. The van der Waals surface area contributed by atoms with Crippen molar-refractivity contribution in [2.75, 3.05) is 0 Å². The summed E-state index contributed by atoms with van der Waals surface area (Å²) >= 11 is 0. The number of carbonyl (C=O) groups is 1. The monoisotopic (exact) mass is 323 g/mol. The lowest BCUT2D eigenvalue weighted by molar-refractivity contribution is -0.117. The molecule has 3 saturated carbocycles. The molecular weight excluding hydrogens is 298 g/mol. The molecule has 3 fully saturated rings. The molecule has 0 bridgehead atoms. The number of terminal acetylenes is 1. The van der Waals surface area contributed by atoms with Gasteiger partial charge in [0.2, 0.25) is 0 Å². The Morgan fingerprint density at radius 1 is 1.33 bits per heavy atom. The number of ketones is 1. The van der Waals surface area contributed by atoms with Gasteiger partial charge in [-0.05, 0) is 68.3 Å². The third kappa shape index (κ3) is 1.91. The van der Waals surface area contributed by atoms with Gasteiger partial charge >= 0.3 is 0 Å². The van der Waals surface area contributed by atoms with Crippen molar-refractivity contribution in [3.05, 3.63) is 11.6 Å². The molecule has 0 heterocycles. The Kier molecular flexibility index (Phi) is 3.45. The van der Waals surface area contributed by atoms with Crippen molar-refractivity contribution in [3.8, 4) is 18.4 Å². The molecule has 1 N–H and O–H groups in total. The van der Waals surface area contributed by atoms with Crippen LogP contribution in [0.1, 0.15) is 51.9 Å². The van der Waals surface area contributed by atoms with E-state index in [0.717, 1.165) is 32.1 Å². The molecule has 0 aromatic heterocycles. The van der Waals surface area contributed by atoms with Crippen molar-refractivity contribution >= 4 is 5.78 Å². The molecule has 4 aliphatic rings. The Balaban J connectivity index is 1.74. The van der Waals surface area contributed by atoms with E-state index in [2.05, 4.69) is 18.9 Å². The molecule has 0 unspecified atom stereocenters. The van der Waals surface area contributed by atoms with Crippen molar-refractivity contribution in [2.45, 2.75) is 57.5 Å². The second-order valence-electron chi connectivity index (χ2n) is 8.62. The quantitative estimate of drug-likeness (QED) is 0.696. The minimum Gasteiger partial charge on any atom is -0.377 e. The van der Waals surface area contributed by atoms with Crippen LogP contribution in [0, 0.1) is 58.7 Å². The van der Waals surface area contributed by atoms with Crippen molar-refractivity contribution < 1.29 is 9.90 Å². The van der Waals surface area contributed by atoms with Crippen LogP contribution in [0.25, 0.3) is 0 Å². The zero-order valence-electron chi connectivity index (χ0n) is 14.3. The molecule has 126 valence electrons. The molecule has 0 spiro atoms. The van der Waals surface area contributed by atoms with Gasteiger partial charge in [0.25, 0.3) is 0 Å². The lowest BCUT2D eigenvalue weighted by atomic mass is 9.48. The van der Waals surface area contributed by atoms with E-state index in [1.807, 2.05) is 6.08 Å². The summed E-state index contributed by atoms with van der Waals surface area (Å²) in [6.45, 7) is 2.14. The SMILES string of the molecule is C#C[C@]1(O)CC[C@H]2[C@H]3[C@H](CC[C@@]21C)[C@H]1CCC(=O)C=C1C[C@H]3C#N. The van der Waals surface area contributed by atoms with Crippen molar-refractivity contribution in [1.82, 2.24) is 0 Å². The summed E-state index contributed by atoms with van der Waals surface area (Å²) in [5.74, 6) is 4.43. The van der Waals surface area contributed by atoms with Gasteiger partial charge in [0.15, 0.2) is 5.78 Å². The number of hydrogen-bond acceptors (Lipinski definition) is 3. The highest BCUT2D eigenvalue weighted by Crippen LogP contribution is 2.65. The minimum absolute atomic E-state index is 0.0480. The first-order valence-electron chi connectivity index (χ1n) is 9.26. The Labute approximate surface area is 144 Å². The van der Waals surface area contributed by atoms with Crippen LogP contribution in [-0.4, -0.2) is 16.5 Å². The van der Waals surface area contributed by atoms with E-state index in [-0.39, 0.29) is 17.1 Å². The van der Waals surface area contributed by atoms with E-state index in [0.29, 0.717) is 36.5 Å². The minimum atomic E-state index is -1.03. The lowest BCUT2D eigenvalue weighted by Gasteiger charge is -2.56. The number of hydrogen-bond donors (Lipinski definition) is 1. The zero-order valence-corrected chi connectivity index (χ0v) is 14.3. The Bertz CT molecular complexity index is 696. The molecule has 4 rings (SSSR count). The second-order valence-corrected chi connectivity index (χ2v) is 8.62.